The highest BCUT2D eigenvalue weighted by molar-refractivity contribution is 5.92. The quantitative estimate of drug-likeness (QED) is 0.594. The maximum absolute atomic E-state index is 11.8. The van der Waals surface area contributed by atoms with Gasteiger partial charge in [-0.3, -0.25) is 9.80 Å². The van der Waals surface area contributed by atoms with Crippen LogP contribution in [0.1, 0.15) is 22.3 Å². The Morgan fingerprint density at radius 1 is 1.22 bits per heavy atom. The van der Waals surface area contributed by atoms with Crippen LogP contribution in [0.15, 0.2) is 24.3 Å². The Balaban J connectivity index is 2.04. The van der Waals surface area contributed by atoms with Gasteiger partial charge in [0, 0.05) is 25.2 Å². The van der Waals surface area contributed by atoms with E-state index in [9.17, 15) is 9.59 Å². The molecule has 0 unspecified atom stereocenters. The second-order valence-electron chi connectivity index (χ2n) is 4.31. The molecule has 0 bridgehead atoms. The number of primary amides is 1. The molecule has 0 spiro atoms. The van der Waals surface area contributed by atoms with Gasteiger partial charge in [-0.2, -0.15) is 0 Å². The predicted octanol–water partition coefficient (Wildman–Crippen LogP) is 0.287. The van der Waals surface area contributed by atoms with E-state index in [1.165, 1.54) is 5.01 Å². The first-order chi connectivity index (χ1) is 8.58. The Morgan fingerprint density at radius 2 is 1.89 bits per heavy atom. The average Bonchev–Trinajstić information content (AvgIpc) is 2.36. The summed E-state index contributed by atoms with van der Waals surface area (Å²) in [6.45, 7) is 1.78. The highest BCUT2D eigenvalue weighted by Gasteiger charge is 2.23. The number of hydrazine groups is 1. The first-order valence-electron chi connectivity index (χ1n) is 5.78. The molecule has 1 aromatic rings. The Kier molecular flexibility index (Phi) is 3.47. The van der Waals surface area contributed by atoms with Gasteiger partial charge in [0.25, 0.3) is 0 Å². The Morgan fingerprint density at radius 3 is 2.50 bits per heavy atom. The van der Waals surface area contributed by atoms with Gasteiger partial charge in [-0.25, -0.2) is 10.6 Å². The largest absolute Gasteiger partial charge is 0.366 e. The molecule has 3 amide bonds. The van der Waals surface area contributed by atoms with Crippen LogP contribution < -0.4 is 11.6 Å². The molecular weight excluding hydrogens is 232 g/mol. The van der Waals surface area contributed by atoms with E-state index in [0.717, 1.165) is 12.0 Å². The minimum Gasteiger partial charge on any atom is -0.366 e. The fraction of sp³-hybridized carbons (Fsp3) is 0.333. The molecule has 1 fully saturated rings. The minimum atomic E-state index is -0.455. The zero-order valence-electron chi connectivity index (χ0n) is 10.0. The Labute approximate surface area is 105 Å². The monoisotopic (exact) mass is 248 g/mol. The fourth-order valence-corrected chi connectivity index (χ4v) is 1.95. The molecule has 6 nitrogen and oxygen atoms in total. The van der Waals surface area contributed by atoms with Crippen LogP contribution in [0.4, 0.5) is 4.79 Å². The summed E-state index contributed by atoms with van der Waals surface area (Å²) in [6.07, 6.45) is 0.863. The number of carbonyl (C=O) groups excluding carboxylic acids is 2. The van der Waals surface area contributed by atoms with Crippen LogP contribution in [0.3, 0.4) is 0 Å². The van der Waals surface area contributed by atoms with Crippen LogP contribution in [0.25, 0.3) is 0 Å². The van der Waals surface area contributed by atoms with Gasteiger partial charge in [-0.15, -0.1) is 0 Å². The van der Waals surface area contributed by atoms with E-state index in [4.69, 9.17) is 11.6 Å². The molecule has 1 heterocycles. The zero-order valence-corrected chi connectivity index (χ0v) is 10.0. The number of benzene rings is 1. The number of nitrogens with zero attached hydrogens (tertiary/aromatic N) is 2. The van der Waals surface area contributed by atoms with Gasteiger partial charge in [-0.1, -0.05) is 12.1 Å². The Bertz CT molecular complexity index is 458. The number of amides is 3. The molecule has 1 aliphatic heterocycles. The molecule has 0 radical (unpaired) electrons. The highest BCUT2D eigenvalue weighted by Crippen LogP contribution is 2.12. The second kappa shape index (κ2) is 5.05. The van der Waals surface area contributed by atoms with Gasteiger partial charge < -0.3 is 10.6 Å². The summed E-state index contributed by atoms with van der Waals surface area (Å²) in [6, 6.07) is 6.74. The molecule has 0 saturated carbocycles. The molecule has 0 aliphatic carbocycles. The summed E-state index contributed by atoms with van der Waals surface area (Å²) < 4.78 is 0. The van der Waals surface area contributed by atoms with Crippen molar-refractivity contribution in [2.24, 2.45) is 11.6 Å². The van der Waals surface area contributed by atoms with Gasteiger partial charge in [0.15, 0.2) is 0 Å². The Hall–Kier alpha value is -2.08. The number of urea groups is 1. The molecule has 1 saturated heterocycles. The molecular formula is C12H16N4O2. The SMILES string of the molecule is NC(=O)c1ccc(CN2CCCN(N)C2=O)cc1. The number of nitrogens with two attached hydrogens (primary N) is 2. The lowest BCUT2D eigenvalue weighted by atomic mass is 10.1. The molecule has 0 aromatic heterocycles. The smallest absolute Gasteiger partial charge is 0.334 e. The summed E-state index contributed by atoms with van der Waals surface area (Å²) in [4.78, 5) is 24.4. The number of hydrogen-bond donors (Lipinski definition) is 2. The fourth-order valence-electron chi connectivity index (χ4n) is 1.95. The lowest BCUT2D eigenvalue weighted by Gasteiger charge is -2.32. The molecule has 96 valence electrons. The van der Waals surface area contributed by atoms with Crippen molar-refractivity contribution in [3.63, 3.8) is 0 Å². The highest BCUT2D eigenvalue weighted by atomic mass is 16.2. The van der Waals surface area contributed by atoms with Gasteiger partial charge in [0.2, 0.25) is 5.91 Å². The van der Waals surface area contributed by atoms with E-state index in [1.54, 1.807) is 29.2 Å². The van der Waals surface area contributed by atoms with Gasteiger partial charge in [-0.05, 0) is 24.1 Å². The minimum absolute atomic E-state index is 0.166. The molecule has 1 aromatic carbocycles. The first kappa shape index (κ1) is 12.4. The zero-order chi connectivity index (χ0) is 13.1. The molecule has 18 heavy (non-hydrogen) atoms. The maximum Gasteiger partial charge on any atom is 0.334 e. The van der Waals surface area contributed by atoms with Crippen LogP contribution in [0, 0.1) is 0 Å². The van der Waals surface area contributed by atoms with Crippen molar-refractivity contribution in [1.29, 1.82) is 0 Å². The standard InChI is InChI=1S/C12H16N4O2/c13-11(17)10-4-2-9(3-5-10)8-15-6-1-7-16(14)12(15)18/h2-5H,1,6-8,14H2,(H2,13,17). The van der Waals surface area contributed by atoms with Gasteiger partial charge >= 0.3 is 6.03 Å². The lowest BCUT2D eigenvalue weighted by molar-refractivity contribution is 0.1000. The van der Waals surface area contributed by atoms with Gasteiger partial charge in [0.1, 0.15) is 0 Å². The average molecular weight is 248 g/mol. The van der Waals surface area contributed by atoms with Crippen LogP contribution >= 0.6 is 0 Å². The van der Waals surface area contributed by atoms with Crippen molar-refractivity contribution in [3.8, 4) is 0 Å². The molecule has 6 heteroatoms. The van der Waals surface area contributed by atoms with E-state index in [1.807, 2.05) is 0 Å². The number of hydrogen-bond acceptors (Lipinski definition) is 3. The third-order valence-electron chi connectivity index (χ3n) is 2.96. The summed E-state index contributed by atoms with van der Waals surface area (Å²) >= 11 is 0. The number of rotatable bonds is 3. The second-order valence-corrected chi connectivity index (χ2v) is 4.31. The molecule has 2 rings (SSSR count). The van der Waals surface area contributed by atoms with E-state index >= 15 is 0 Å². The van der Waals surface area contributed by atoms with Crippen molar-refractivity contribution in [1.82, 2.24) is 9.91 Å². The first-order valence-corrected chi connectivity index (χ1v) is 5.78. The van der Waals surface area contributed by atoms with Crippen molar-refractivity contribution >= 4 is 11.9 Å². The van der Waals surface area contributed by atoms with E-state index in [2.05, 4.69) is 0 Å². The van der Waals surface area contributed by atoms with Crippen LogP contribution in [-0.2, 0) is 6.54 Å². The van der Waals surface area contributed by atoms with Crippen LogP contribution in [0.2, 0.25) is 0 Å². The normalized spacial score (nSPS) is 15.9. The van der Waals surface area contributed by atoms with Gasteiger partial charge in [0.05, 0.1) is 0 Å². The van der Waals surface area contributed by atoms with Crippen molar-refractivity contribution in [3.05, 3.63) is 35.4 Å². The topological polar surface area (TPSA) is 92.7 Å². The van der Waals surface area contributed by atoms with Crippen molar-refractivity contribution in [2.75, 3.05) is 13.1 Å². The third kappa shape index (κ3) is 2.60. The molecule has 1 aliphatic rings. The maximum atomic E-state index is 11.8. The van der Waals surface area contributed by atoms with E-state index in [0.29, 0.717) is 25.2 Å². The van der Waals surface area contributed by atoms with Crippen molar-refractivity contribution < 1.29 is 9.59 Å². The van der Waals surface area contributed by atoms with Crippen molar-refractivity contribution in [2.45, 2.75) is 13.0 Å². The summed E-state index contributed by atoms with van der Waals surface area (Å²) in [5.74, 6) is 5.11. The third-order valence-corrected chi connectivity index (χ3v) is 2.96. The van der Waals surface area contributed by atoms with Crippen LogP contribution in [-0.4, -0.2) is 34.9 Å². The summed E-state index contributed by atoms with van der Waals surface area (Å²) in [5, 5.41) is 1.22. The summed E-state index contributed by atoms with van der Waals surface area (Å²) in [7, 11) is 0. The van der Waals surface area contributed by atoms with Crippen LogP contribution in [0.5, 0.6) is 0 Å². The predicted molar refractivity (Wildman–Crippen MR) is 66.3 cm³/mol. The summed E-state index contributed by atoms with van der Waals surface area (Å²) in [5.41, 5.74) is 6.57. The van der Waals surface area contributed by atoms with E-state index in [-0.39, 0.29) is 6.03 Å². The molecule has 0 atom stereocenters. The number of carbonyl (C=O) groups is 2. The molecule has 4 N–H and O–H groups in total. The lowest BCUT2D eigenvalue weighted by Crippen LogP contribution is -2.52. The van der Waals surface area contributed by atoms with E-state index < -0.39 is 5.91 Å².